The van der Waals surface area contributed by atoms with E-state index in [0.717, 1.165) is 5.56 Å². The first-order valence-electron chi connectivity index (χ1n) is 9.18. The van der Waals surface area contributed by atoms with Crippen LogP contribution in [0.25, 0.3) is 0 Å². The molecule has 156 valence electrons. The summed E-state index contributed by atoms with van der Waals surface area (Å²) in [5.74, 6) is 0.143. The fourth-order valence-corrected chi connectivity index (χ4v) is 4.09. The van der Waals surface area contributed by atoms with E-state index in [1.165, 1.54) is 6.07 Å². The van der Waals surface area contributed by atoms with Crippen LogP contribution in [-0.4, -0.2) is 38.6 Å². The molecular formula is C21H23N5O3S. The predicted molar refractivity (Wildman–Crippen MR) is 117 cm³/mol. The minimum atomic E-state index is -3.83. The Labute approximate surface area is 176 Å². The van der Waals surface area contributed by atoms with Crippen LogP contribution >= 0.6 is 0 Å². The van der Waals surface area contributed by atoms with Crippen molar-refractivity contribution >= 4 is 33.1 Å². The number of aromatic nitrogens is 2. The predicted octanol–water partition coefficient (Wildman–Crippen LogP) is 3.21. The molecule has 0 spiro atoms. The number of nitrogens with one attached hydrogen (secondary N) is 2. The molecule has 0 aliphatic heterocycles. The maximum Gasteiger partial charge on any atom is 0.276 e. The lowest BCUT2D eigenvalue weighted by Gasteiger charge is -2.13. The Morgan fingerprint density at radius 3 is 2.33 bits per heavy atom. The number of hydrogen-bond acceptors (Lipinski definition) is 6. The summed E-state index contributed by atoms with van der Waals surface area (Å²) in [5, 5.41) is 10.6. The first kappa shape index (κ1) is 21.3. The van der Waals surface area contributed by atoms with Gasteiger partial charge in [0.05, 0.1) is 4.90 Å². The molecule has 8 nitrogen and oxygen atoms in total. The summed E-state index contributed by atoms with van der Waals surface area (Å²) in [4.78, 5) is 14.3. The van der Waals surface area contributed by atoms with Crippen LogP contribution < -0.4 is 14.9 Å². The quantitative estimate of drug-likeness (QED) is 0.628. The van der Waals surface area contributed by atoms with E-state index >= 15 is 0 Å². The zero-order chi connectivity index (χ0) is 21.9. The van der Waals surface area contributed by atoms with Gasteiger partial charge in [-0.15, -0.1) is 10.2 Å². The van der Waals surface area contributed by atoms with Gasteiger partial charge < -0.3 is 10.2 Å². The maximum atomic E-state index is 12.9. The number of sulfonamides is 1. The second-order valence-electron chi connectivity index (χ2n) is 7.08. The van der Waals surface area contributed by atoms with E-state index in [1.54, 1.807) is 54.3 Å². The molecule has 0 fully saturated rings. The Bertz CT molecular complexity index is 1180. The zero-order valence-electron chi connectivity index (χ0n) is 17.2. The number of carbonyl (C=O) groups excluding carboxylic acids is 1. The summed E-state index contributed by atoms with van der Waals surface area (Å²) in [6.45, 7) is 3.58. The van der Waals surface area contributed by atoms with Crippen molar-refractivity contribution in [3.05, 3.63) is 71.4 Å². The summed E-state index contributed by atoms with van der Waals surface area (Å²) in [6, 6.07) is 15.0. The number of carbonyl (C=O) groups is 1. The van der Waals surface area contributed by atoms with Gasteiger partial charge in [0.25, 0.3) is 15.9 Å². The largest absolute Gasteiger partial charge is 0.361 e. The molecule has 30 heavy (non-hydrogen) atoms. The Morgan fingerprint density at radius 1 is 0.933 bits per heavy atom. The average molecular weight is 426 g/mol. The fraction of sp³-hybridized carbons (Fsp3) is 0.190. The van der Waals surface area contributed by atoms with E-state index in [4.69, 9.17) is 0 Å². The summed E-state index contributed by atoms with van der Waals surface area (Å²) in [5.41, 5.74) is 2.44. The van der Waals surface area contributed by atoms with Crippen LogP contribution in [0.2, 0.25) is 0 Å². The van der Waals surface area contributed by atoms with Gasteiger partial charge in [0.2, 0.25) is 0 Å². The third-order valence-corrected chi connectivity index (χ3v) is 5.87. The molecule has 2 N–H and O–H groups in total. The van der Waals surface area contributed by atoms with E-state index in [-0.39, 0.29) is 10.6 Å². The van der Waals surface area contributed by atoms with Crippen LogP contribution in [0.3, 0.4) is 0 Å². The molecule has 0 radical (unpaired) electrons. The molecule has 0 aliphatic rings. The second kappa shape index (κ2) is 8.50. The van der Waals surface area contributed by atoms with Crippen molar-refractivity contribution in [1.29, 1.82) is 0 Å². The standard InChI is InChI=1S/C21H23N5O3S/c1-14-6-5-7-17(12-14)25-30(28,29)19-13-16(9-8-15(19)2)22-21(27)18-10-11-20(24-23-18)26(3)4/h5-13,25H,1-4H3,(H,22,27). The fourth-order valence-electron chi connectivity index (χ4n) is 2.77. The number of nitrogens with zero attached hydrogens (tertiary/aromatic N) is 3. The van der Waals surface area contributed by atoms with E-state index in [1.807, 2.05) is 27.1 Å². The molecule has 0 aliphatic carbocycles. The number of aryl methyl sites for hydroxylation is 2. The lowest BCUT2D eigenvalue weighted by Crippen LogP contribution is -2.18. The monoisotopic (exact) mass is 425 g/mol. The van der Waals surface area contributed by atoms with Crippen LogP contribution in [0.5, 0.6) is 0 Å². The minimum absolute atomic E-state index is 0.0795. The van der Waals surface area contributed by atoms with Crippen molar-refractivity contribution in [2.24, 2.45) is 0 Å². The van der Waals surface area contributed by atoms with Crippen molar-refractivity contribution in [2.45, 2.75) is 18.7 Å². The van der Waals surface area contributed by atoms with Gasteiger partial charge in [-0.3, -0.25) is 9.52 Å². The molecule has 1 heterocycles. The molecule has 3 rings (SSSR count). The third kappa shape index (κ3) is 4.93. The molecule has 2 aromatic carbocycles. The molecule has 1 aromatic heterocycles. The van der Waals surface area contributed by atoms with Gasteiger partial charge in [0, 0.05) is 25.5 Å². The molecule has 1 amide bonds. The van der Waals surface area contributed by atoms with Crippen molar-refractivity contribution in [1.82, 2.24) is 10.2 Å². The SMILES string of the molecule is Cc1cccc(NS(=O)(=O)c2cc(NC(=O)c3ccc(N(C)C)nn3)ccc2C)c1. The zero-order valence-corrected chi connectivity index (χ0v) is 18.0. The van der Waals surface area contributed by atoms with Crippen molar-refractivity contribution in [3.63, 3.8) is 0 Å². The van der Waals surface area contributed by atoms with Gasteiger partial charge in [0.15, 0.2) is 11.5 Å². The lowest BCUT2D eigenvalue weighted by molar-refractivity contribution is 0.102. The molecular weight excluding hydrogens is 402 g/mol. The Balaban J connectivity index is 1.83. The summed E-state index contributed by atoms with van der Waals surface area (Å²) < 4.78 is 28.4. The van der Waals surface area contributed by atoms with Crippen molar-refractivity contribution in [3.8, 4) is 0 Å². The number of anilines is 3. The summed E-state index contributed by atoms with van der Waals surface area (Å²) in [7, 11) is -0.189. The highest BCUT2D eigenvalue weighted by Gasteiger charge is 2.19. The Kier molecular flexibility index (Phi) is 6.02. The van der Waals surface area contributed by atoms with Gasteiger partial charge in [-0.1, -0.05) is 18.2 Å². The van der Waals surface area contributed by atoms with Crippen molar-refractivity contribution in [2.75, 3.05) is 29.0 Å². The highest BCUT2D eigenvalue weighted by molar-refractivity contribution is 7.92. The topological polar surface area (TPSA) is 104 Å². The van der Waals surface area contributed by atoms with E-state index in [0.29, 0.717) is 22.8 Å². The highest BCUT2D eigenvalue weighted by atomic mass is 32.2. The highest BCUT2D eigenvalue weighted by Crippen LogP contribution is 2.23. The van der Waals surface area contributed by atoms with Gasteiger partial charge in [0.1, 0.15) is 0 Å². The minimum Gasteiger partial charge on any atom is -0.361 e. The van der Waals surface area contributed by atoms with E-state index in [2.05, 4.69) is 20.2 Å². The number of benzene rings is 2. The van der Waals surface area contributed by atoms with E-state index in [9.17, 15) is 13.2 Å². The molecule has 0 saturated carbocycles. The van der Waals surface area contributed by atoms with Crippen LogP contribution in [0, 0.1) is 13.8 Å². The molecule has 0 saturated heterocycles. The van der Waals surface area contributed by atoms with Gasteiger partial charge >= 0.3 is 0 Å². The second-order valence-corrected chi connectivity index (χ2v) is 8.73. The molecule has 0 unspecified atom stereocenters. The van der Waals surface area contributed by atoms with Crippen LogP contribution in [0.4, 0.5) is 17.2 Å². The van der Waals surface area contributed by atoms with Crippen molar-refractivity contribution < 1.29 is 13.2 Å². The summed E-state index contributed by atoms with van der Waals surface area (Å²) >= 11 is 0. The number of rotatable bonds is 6. The maximum absolute atomic E-state index is 12.9. The van der Waals surface area contributed by atoms with Crippen LogP contribution in [0.15, 0.2) is 59.5 Å². The number of amides is 1. The Hall–Kier alpha value is -3.46. The number of hydrogen-bond donors (Lipinski definition) is 2. The van der Waals surface area contributed by atoms with Gasteiger partial charge in [-0.05, 0) is 61.4 Å². The molecule has 0 bridgehead atoms. The normalized spacial score (nSPS) is 11.1. The molecule has 9 heteroatoms. The first-order valence-corrected chi connectivity index (χ1v) is 10.7. The average Bonchev–Trinajstić information content (AvgIpc) is 2.69. The summed E-state index contributed by atoms with van der Waals surface area (Å²) in [6.07, 6.45) is 0. The Morgan fingerprint density at radius 2 is 1.70 bits per heavy atom. The molecule has 3 aromatic rings. The lowest BCUT2D eigenvalue weighted by atomic mass is 10.2. The van der Waals surface area contributed by atoms with Gasteiger partial charge in [-0.25, -0.2) is 8.42 Å². The molecule has 0 atom stereocenters. The van der Waals surface area contributed by atoms with Crippen LogP contribution in [-0.2, 0) is 10.0 Å². The van der Waals surface area contributed by atoms with Gasteiger partial charge in [-0.2, -0.15) is 0 Å². The first-order chi connectivity index (χ1) is 14.2. The van der Waals surface area contributed by atoms with E-state index < -0.39 is 15.9 Å². The third-order valence-electron chi connectivity index (χ3n) is 4.35. The van der Waals surface area contributed by atoms with Crippen LogP contribution in [0.1, 0.15) is 21.6 Å². The smallest absolute Gasteiger partial charge is 0.276 e.